The van der Waals surface area contributed by atoms with Crippen LogP contribution in [0.2, 0.25) is 0 Å². The van der Waals surface area contributed by atoms with E-state index in [1.165, 1.54) is 4.90 Å². The molecular formula is C24H23NO5. The Morgan fingerprint density at radius 1 is 1.03 bits per heavy atom. The van der Waals surface area contributed by atoms with Crippen LogP contribution in [0.4, 0.5) is 0 Å². The number of hydrogen-bond acceptors (Lipinski definition) is 5. The van der Waals surface area contributed by atoms with Crippen LogP contribution in [-0.2, 0) is 9.59 Å². The summed E-state index contributed by atoms with van der Waals surface area (Å²) >= 11 is 0. The van der Waals surface area contributed by atoms with Gasteiger partial charge in [-0.25, -0.2) is 0 Å². The number of hydrogen-bond donors (Lipinski definition) is 1. The largest absolute Gasteiger partial charge is 0.507 e. The third-order valence-electron chi connectivity index (χ3n) is 4.79. The summed E-state index contributed by atoms with van der Waals surface area (Å²) in [4.78, 5) is 26.9. The minimum atomic E-state index is -0.734. The summed E-state index contributed by atoms with van der Waals surface area (Å²) in [5, 5.41) is 11.0. The molecule has 0 saturated carbocycles. The molecule has 0 unspecified atom stereocenters. The molecule has 2 aromatic rings. The minimum absolute atomic E-state index is 0.0341. The molecule has 154 valence electrons. The van der Waals surface area contributed by atoms with Gasteiger partial charge in [-0.1, -0.05) is 30.9 Å². The van der Waals surface area contributed by atoms with Crippen molar-refractivity contribution >= 4 is 17.4 Å². The molecule has 1 aliphatic heterocycles. The lowest BCUT2D eigenvalue weighted by Gasteiger charge is -2.24. The van der Waals surface area contributed by atoms with Crippen molar-refractivity contribution in [3.8, 4) is 11.5 Å². The van der Waals surface area contributed by atoms with Crippen molar-refractivity contribution in [2.24, 2.45) is 0 Å². The van der Waals surface area contributed by atoms with Gasteiger partial charge in [0.05, 0.1) is 18.7 Å². The Labute approximate surface area is 175 Å². The monoisotopic (exact) mass is 405 g/mol. The number of likely N-dealkylation sites (tertiary alicyclic amines) is 1. The quantitative estimate of drug-likeness (QED) is 0.312. The maximum absolute atomic E-state index is 12.8. The molecule has 0 aromatic heterocycles. The molecule has 30 heavy (non-hydrogen) atoms. The van der Waals surface area contributed by atoms with Crippen LogP contribution >= 0.6 is 0 Å². The number of aliphatic hydroxyl groups excluding tert-OH is 1. The average molecular weight is 405 g/mol. The predicted octanol–water partition coefficient (Wildman–Crippen LogP) is 3.87. The van der Waals surface area contributed by atoms with E-state index in [1.54, 1.807) is 67.8 Å². The van der Waals surface area contributed by atoms with Gasteiger partial charge < -0.3 is 19.5 Å². The van der Waals surface area contributed by atoms with Crippen LogP contribution in [0.25, 0.3) is 5.76 Å². The van der Waals surface area contributed by atoms with E-state index in [4.69, 9.17) is 9.47 Å². The van der Waals surface area contributed by atoms with Crippen molar-refractivity contribution in [2.75, 3.05) is 20.3 Å². The van der Waals surface area contributed by atoms with Crippen molar-refractivity contribution in [1.29, 1.82) is 0 Å². The van der Waals surface area contributed by atoms with Crippen LogP contribution in [0.3, 0.4) is 0 Å². The van der Waals surface area contributed by atoms with Gasteiger partial charge in [-0.15, -0.1) is 6.58 Å². The maximum atomic E-state index is 12.8. The highest BCUT2D eigenvalue weighted by atomic mass is 16.5. The van der Waals surface area contributed by atoms with Gasteiger partial charge in [0.15, 0.2) is 0 Å². The average Bonchev–Trinajstić information content (AvgIpc) is 3.03. The Kier molecular flexibility index (Phi) is 6.37. The molecule has 0 spiro atoms. The highest BCUT2D eigenvalue weighted by Gasteiger charge is 2.45. The lowest BCUT2D eigenvalue weighted by molar-refractivity contribution is -0.139. The molecule has 3 rings (SSSR count). The number of benzene rings is 2. The van der Waals surface area contributed by atoms with Crippen LogP contribution < -0.4 is 9.47 Å². The highest BCUT2D eigenvalue weighted by molar-refractivity contribution is 6.46. The van der Waals surface area contributed by atoms with E-state index in [-0.39, 0.29) is 17.9 Å². The van der Waals surface area contributed by atoms with Gasteiger partial charge >= 0.3 is 0 Å². The van der Waals surface area contributed by atoms with Gasteiger partial charge in [0.25, 0.3) is 11.7 Å². The van der Waals surface area contributed by atoms with E-state index in [2.05, 4.69) is 13.2 Å². The number of nitrogens with zero attached hydrogens (tertiary/aromatic N) is 1. The second-order valence-electron chi connectivity index (χ2n) is 6.64. The molecule has 1 aliphatic rings. The summed E-state index contributed by atoms with van der Waals surface area (Å²) in [7, 11) is 1.56. The number of carbonyl (C=O) groups is 2. The second kappa shape index (κ2) is 9.13. The fourth-order valence-corrected chi connectivity index (χ4v) is 3.36. The van der Waals surface area contributed by atoms with Gasteiger partial charge in [-0.2, -0.15) is 0 Å². The molecule has 0 bridgehead atoms. The Balaban J connectivity index is 2.07. The Hall–Kier alpha value is -3.80. The highest BCUT2D eigenvalue weighted by Crippen LogP contribution is 2.39. The van der Waals surface area contributed by atoms with Crippen LogP contribution in [-0.4, -0.2) is 42.0 Å². The Bertz CT molecular complexity index is 989. The Morgan fingerprint density at radius 2 is 1.67 bits per heavy atom. The standard InChI is InChI=1S/C24H23NO5/c1-4-14-25-21(16-6-10-18(29-3)11-7-16)20(23(27)24(25)28)22(26)17-8-12-19(13-9-17)30-15-5-2/h4-13,21,26H,1-2,14-15H2,3H3/t21-/m0/s1. The first-order valence-corrected chi connectivity index (χ1v) is 9.39. The Morgan fingerprint density at radius 3 is 2.23 bits per heavy atom. The van der Waals surface area contributed by atoms with Crippen molar-refractivity contribution < 1.29 is 24.2 Å². The normalized spacial score (nSPS) is 17.6. The van der Waals surface area contributed by atoms with E-state index in [1.807, 2.05) is 0 Å². The molecule has 6 heteroatoms. The molecule has 1 atom stereocenters. The zero-order valence-corrected chi connectivity index (χ0v) is 16.7. The minimum Gasteiger partial charge on any atom is -0.507 e. The molecule has 0 radical (unpaired) electrons. The smallest absolute Gasteiger partial charge is 0.295 e. The molecule has 1 amide bonds. The lowest BCUT2D eigenvalue weighted by Crippen LogP contribution is -2.29. The fraction of sp³-hybridized carbons (Fsp3) is 0.167. The maximum Gasteiger partial charge on any atom is 0.295 e. The fourth-order valence-electron chi connectivity index (χ4n) is 3.36. The van der Waals surface area contributed by atoms with Crippen molar-refractivity contribution in [1.82, 2.24) is 4.90 Å². The van der Waals surface area contributed by atoms with Crippen molar-refractivity contribution in [3.05, 3.63) is 90.5 Å². The SMILES string of the molecule is C=CCOc1ccc(C(O)=C2C(=O)C(=O)N(CC=C)[C@H]2c2ccc(OC)cc2)cc1. The van der Waals surface area contributed by atoms with Crippen LogP contribution in [0.5, 0.6) is 11.5 Å². The first-order chi connectivity index (χ1) is 14.5. The van der Waals surface area contributed by atoms with Gasteiger partial charge in [0.2, 0.25) is 0 Å². The third-order valence-corrected chi connectivity index (χ3v) is 4.79. The molecule has 1 heterocycles. The molecule has 1 fully saturated rings. The lowest BCUT2D eigenvalue weighted by atomic mass is 9.95. The summed E-state index contributed by atoms with van der Waals surface area (Å²) in [5.74, 6) is -0.402. The van der Waals surface area contributed by atoms with Crippen molar-refractivity contribution in [3.63, 3.8) is 0 Å². The van der Waals surface area contributed by atoms with E-state index >= 15 is 0 Å². The number of Topliss-reactive ketones (excluding diaryl/α,β-unsaturated/α-hetero) is 1. The van der Waals surface area contributed by atoms with Gasteiger partial charge in [-0.05, 0) is 42.0 Å². The first-order valence-electron chi connectivity index (χ1n) is 9.39. The first kappa shape index (κ1) is 20.9. The summed E-state index contributed by atoms with van der Waals surface area (Å²) in [6.07, 6.45) is 3.18. The number of rotatable bonds is 8. The van der Waals surface area contributed by atoms with E-state index < -0.39 is 17.7 Å². The van der Waals surface area contributed by atoms with Gasteiger partial charge in [0.1, 0.15) is 23.9 Å². The summed E-state index contributed by atoms with van der Waals surface area (Å²) in [6, 6.07) is 12.9. The van der Waals surface area contributed by atoms with E-state index in [9.17, 15) is 14.7 Å². The molecule has 1 saturated heterocycles. The van der Waals surface area contributed by atoms with E-state index in [0.29, 0.717) is 29.2 Å². The zero-order chi connectivity index (χ0) is 21.7. The molecule has 0 aliphatic carbocycles. The number of ether oxygens (including phenoxy) is 2. The zero-order valence-electron chi connectivity index (χ0n) is 16.7. The third kappa shape index (κ3) is 3.98. The topological polar surface area (TPSA) is 76.1 Å². The second-order valence-corrected chi connectivity index (χ2v) is 6.64. The summed E-state index contributed by atoms with van der Waals surface area (Å²) in [6.45, 7) is 7.80. The number of carbonyl (C=O) groups excluding carboxylic acids is 2. The van der Waals surface area contributed by atoms with Gasteiger partial charge in [-0.3, -0.25) is 9.59 Å². The molecule has 6 nitrogen and oxygen atoms in total. The molecular weight excluding hydrogens is 382 g/mol. The molecule has 2 aromatic carbocycles. The van der Waals surface area contributed by atoms with Crippen molar-refractivity contribution in [2.45, 2.75) is 6.04 Å². The van der Waals surface area contributed by atoms with E-state index in [0.717, 1.165) is 0 Å². The van der Waals surface area contributed by atoms with Crippen LogP contribution in [0, 0.1) is 0 Å². The van der Waals surface area contributed by atoms with Crippen LogP contribution in [0.15, 0.2) is 79.4 Å². The van der Waals surface area contributed by atoms with Gasteiger partial charge in [0, 0.05) is 12.1 Å². The number of aliphatic hydroxyl groups is 1. The summed E-state index contributed by atoms with van der Waals surface area (Å²) < 4.78 is 10.6. The number of amides is 1. The van der Waals surface area contributed by atoms with Crippen LogP contribution in [0.1, 0.15) is 17.2 Å². The molecule has 1 N–H and O–H groups in total. The predicted molar refractivity (Wildman–Crippen MR) is 114 cm³/mol. The number of ketones is 1. The number of methoxy groups -OCH3 is 1. The summed E-state index contributed by atoms with van der Waals surface area (Å²) in [5.41, 5.74) is 1.13.